The van der Waals surface area contributed by atoms with Crippen LogP contribution in [0.4, 0.5) is 0 Å². The molecule has 0 spiro atoms. The van der Waals surface area contributed by atoms with Gasteiger partial charge in [0.05, 0.1) is 0 Å². The van der Waals surface area contributed by atoms with Gasteiger partial charge in [0.25, 0.3) is 6.47 Å². The van der Waals surface area contributed by atoms with Gasteiger partial charge < -0.3 is 9.47 Å². The average Bonchev–Trinajstić information content (AvgIpc) is 1.87. The van der Waals surface area contributed by atoms with Crippen LogP contribution < -0.4 is 0 Å². The van der Waals surface area contributed by atoms with Crippen molar-refractivity contribution in [2.45, 2.75) is 26.4 Å². The van der Waals surface area contributed by atoms with Gasteiger partial charge in [-0.05, 0) is 27.9 Å². The molecule has 0 aliphatic rings. The van der Waals surface area contributed by atoms with Crippen LogP contribution in [-0.2, 0) is 14.3 Å². The fourth-order valence-corrected chi connectivity index (χ4v) is 0.509. The summed E-state index contributed by atoms with van der Waals surface area (Å²) in [4.78, 5) is 11.7. The van der Waals surface area contributed by atoms with Gasteiger partial charge in [-0.25, -0.2) is 0 Å². The molecule has 0 rings (SSSR count). The van der Waals surface area contributed by atoms with E-state index in [0.717, 1.165) is 0 Å². The van der Waals surface area contributed by atoms with Crippen LogP contribution in [0.25, 0.3) is 0 Å². The average molecular weight is 161 g/mol. The van der Waals surface area contributed by atoms with E-state index in [1.165, 1.54) is 0 Å². The predicted molar refractivity (Wildman–Crippen MR) is 40.8 cm³/mol. The van der Waals surface area contributed by atoms with Gasteiger partial charge in [0.15, 0.2) is 0 Å². The minimum Gasteiger partial charge on any atom is -0.438 e. The fraction of sp³-hybridized carbons (Fsp3) is 0.857. The highest BCUT2D eigenvalue weighted by Crippen LogP contribution is 1.99. The monoisotopic (exact) mass is 161 g/mol. The first-order valence-electron chi connectivity index (χ1n) is 3.49. The van der Waals surface area contributed by atoms with Gasteiger partial charge in [0.2, 0.25) is 6.29 Å². The number of hydrogen-bond acceptors (Lipinski definition) is 4. The van der Waals surface area contributed by atoms with Crippen molar-refractivity contribution in [3.63, 3.8) is 0 Å². The van der Waals surface area contributed by atoms with E-state index in [0.29, 0.717) is 6.47 Å². The molecule has 0 N–H and O–H groups in total. The number of rotatable bonds is 5. The van der Waals surface area contributed by atoms with Crippen LogP contribution in [0.15, 0.2) is 0 Å². The van der Waals surface area contributed by atoms with Crippen molar-refractivity contribution < 1.29 is 14.3 Å². The third-order valence-electron chi connectivity index (χ3n) is 1.36. The van der Waals surface area contributed by atoms with E-state index in [1.54, 1.807) is 6.92 Å². The van der Waals surface area contributed by atoms with Gasteiger partial charge in [0.1, 0.15) is 6.23 Å². The van der Waals surface area contributed by atoms with E-state index in [4.69, 9.17) is 4.74 Å². The normalized spacial score (nSPS) is 16.1. The number of carbonyl (C=O) groups is 1. The Morgan fingerprint density at radius 2 is 1.91 bits per heavy atom. The van der Waals surface area contributed by atoms with Crippen molar-refractivity contribution in [2.75, 3.05) is 14.1 Å². The molecule has 0 saturated heterocycles. The molecule has 0 heterocycles. The molecule has 0 fully saturated rings. The molecule has 2 unspecified atom stereocenters. The summed E-state index contributed by atoms with van der Waals surface area (Å²) in [6, 6.07) is 0. The summed E-state index contributed by atoms with van der Waals surface area (Å²) in [6.07, 6.45) is -0.533. The van der Waals surface area contributed by atoms with E-state index in [2.05, 4.69) is 4.74 Å². The Kier molecular flexibility index (Phi) is 4.81. The molecular weight excluding hydrogens is 146 g/mol. The van der Waals surface area contributed by atoms with Crippen LogP contribution >= 0.6 is 0 Å². The van der Waals surface area contributed by atoms with Gasteiger partial charge in [-0.1, -0.05) is 0 Å². The summed E-state index contributed by atoms with van der Waals surface area (Å²) in [7, 11) is 3.77. The molecule has 0 aromatic rings. The highest BCUT2D eigenvalue weighted by Gasteiger charge is 2.09. The third kappa shape index (κ3) is 4.75. The van der Waals surface area contributed by atoms with E-state index in [9.17, 15) is 4.79 Å². The molecule has 0 amide bonds. The molecule has 0 radical (unpaired) electrons. The second-order valence-electron chi connectivity index (χ2n) is 2.50. The van der Waals surface area contributed by atoms with Crippen molar-refractivity contribution in [1.29, 1.82) is 0 Å². The molecule has 11 heavy (non-hydrogen) atoms. The highest BCUT2D eigenvalue weighted by atomic mass is 16.7. The Labute approximate surface area is 67.1 Å². The van der Waals surface area contributed by atoms with Gasteiger partial charge in [-0.2, -0.15) is 0 Å². The summed E-state index contributed by atoms with van der Waals surface area (Å²) >= 11 is 0. The number of hydrogen-bond donors (Lipinski definition) is 0. The molecule has 2 atom stereocenters. The van der Waals surface area contributed by atoms with Crippen LogP contribution in [0, 0.1) is 0 Å². The zero-order valence-electron chi connectivity index (χ0n) is 7.40. The van der Waals surface area contributed by atoms with Crippen LogP contribution in [-0.4, -0.2) is 38.0 Å². The Morgan fingerprint density at radius 1 is 1.36 bits per heavy atom. The van der Waals surface area contributed by atoms with Crippen molar-refractivity contribution in [2.24, 2.45) is 0 Å². The predicted octanol–water partition coefficient (Wildman–Crippen LogP) is 0.430. The van der Waals surface area contributed by atoms with E-state index >= 15 is 0 Å². The molecule has 0 bridgehead atoms. The smallest absolute Gasteiger partial charge is 0.295 e. The van der Waals surface area contributed by atoms with Crippen molar-refractivity contribution in [3.05, 3.63) is 0 Å². The molecule has 0 aromatic heterocycles. The van der Waals surface area contributed by atoms with Gasteiger partial charge >= 0.3 is 0 Å². The highest BCUT2D eigenvalue weighted by molar-refractivity contribution is 5.37. The van der Waals surface area contributed by atoms with Crippen LogP contribution in [0.5, 0.6) is 0 Å². The second kappa shape index (κ2) is 5.09. The van der Waals surface area contributed by atoms with Crippen LogP contribution in [0.3, 0.4) is 0 Å². The molecule has 4 heteroatoms. The van der Waals surface area contributed by atoms with E-state index in [1.807, 2.05) is 25.9 Å². The first-order chi connectivity index (χ1) is 5.07. The quantitative estimate of drug-likeness (QED) is 0.433. The molecule has 0 aromatic carbocycles. The fourth-order valence-electron chi connectivity index (χ4n) is 0.509. The van der Waals surface area contributed by atoms with Crippen LogP contribution in [0.1, 0.15) is 13.8 Å². The van der Waals surface area contributed by atoms with Gasteiger partial charge in [0, 0.05) is 0 Å². The standard InChI is InChI=1S/C7H15NO3/c1-6(8(3)4)11-7(2)10-5-9/h5-7H,1-4H3. The summed E-state index contributed by atoms with van der Waals surface area (Å²) in [5.74, 6) is 0. The maximum absolute atomic E-state index is 9.85. The SMILES string of the molecule is CC(OC=O)OC(C)N(C)C. The Balaban J connectivity index is 3.56. The first kappa shape index (κ1) is 10.4. The molecular formula is C7H15NO3. The lowest BCUT2D eigenvalue weighted by Crippen LogP contribution is -2.31. The van der Waals surface area contributed by atoms with Crippen molar-refractivity contribution >= 4 is 6.47 Å². The maximum atomic E-state index is 9.85. The molecule has 0 aliphatic carbocycles. The lowest BCUT2D eigenvalue weighted by Gasteiger charge is -2.22. The second-order valence-corrected chi connectivity index (χ2v) is 2.50. The minimum atomic E-state index is -0.482. The summed E-state index contributed by atoms with van der Waals surface area (Å²) in [5, 5.41) is 0. The molecule has 4 nitrogen and oxygen atoms in total. The molecule has 0 saturated carbocycles. The lowest BCUT2D eigenvalue weighted by atomic mass is 10.6. The Morgan fingerprint density at radius 3 is 2.27 bits per heavy atom. The van der Waals surface area contributed by atoms with E-state index in [-0.39, 0.29) is 6.23 Å². The maximum Gasteiger partial charge on any atom is 0.295 e. The number of carbonyl (C=O) groups excluding carboxylic acids is 1. The summed E-state index contributed by atoms with van der Waals surface area (Å²) in [6.45, 7) is 3.94. The largest absolute Gasteiger partial charge is 0.438 e. The summed E-state index contributed by atoms with van der Waals surface area (Å²) < 4.78 is 9.76. The Bertz CT molecular complexity index is 116. The summed E-state index contributed by atoms with van der Waals surface area (Å²) in [5.41, 5.74) is 0. The molecule has 66 valence electrons. The zero-order valence-corrected chi connectivity index (χ0v) is 7.40. The zero-order chi connectivity index (χ0) is 8.85. The molecule has 0 aliphatic heterocycles. The first-order valence-corrected chi connectivity index (χ1v) is 3.49. The minimum absolute atomic E-state index is 0.0510. The van der Waals surface area contributed by atoms with Crippen LogP contribution in [0.2, 0.25) is 0 Å². The van der Waals surface area contributed by atoms with Gasteiger partial charge in [-0.3, -0.25) is 9.69 Å². The van der Waals surface area contributed by atoms with Crippen molar-refractivity contribution in [1.82, 2.24) is 4.90 Å². The third-order valence-corrected chi connectivity index (χ3v) is 1.36. The topological polar surface area (TPSA) is 38.8 Å². The van der Waals surface area contributed by atoms with Crippen molar-refractivity contribution in [3.8, 4) is 0 Å². The Hall–Kier alpha value is -0.610. The van der Waals surface area contributed by atoms with Gasteiger partial charge in [-0.15, -0.1) is 0 Å². The number of ether oxygens (including phenoxy) is 2. The lowest BCUT2D eigenvalue weighted by molar-refractivity contribution is -0.184. The van der Waals surface area contributed by atoms with E-state index < -0.39 is 6.29 Å². The number of nitrogens with zero attached hydrogens (tertiary/aromatic N) is 1.